The molecular weight excluding hydrogens is 420 g/mol. The minimum atomic E-state index is -0.594. The summed E-state index contributed by atoms with van der Waals surface area (Å²) in [5.74, 6) is -0.848. The summed E-state index contributed by atoms with van der Waals surface area (Å²) in [5.41, 5.74) is 0.452. The van der Waals surface area contributed by atoms with E-state index in [9.17, 15) is 29.8 Å². The number of non-ortho nitro benzene ring substituents is 2. The third-order valence-corrected chi connectivity index (χ3v) is 4.37. The van der Waals surface area contributed by atoms with Gasteiger partial charge in [-0.25, -0.2) is 0 Å². The number of hydrogen-bond donors (Lipinski definition) is 2. The standard InChI is InChI=1S/C21H16N4O7/c1-32-19-10-9-17(25(30)31)12-18(19)23-21(27)14-3-2-4-15(11-14)22-20(26)13-5-7-16(8-6-13)24(28)29/h2-12H,1H3,(H,22,26)(H,23,27). The van der Waals surface area contributed by atoms with Gasteiger partial charge in [0.2, 0.25) is 0 Å². The number of amides is 2. The quantitative estimate of drug-likeness (QED) is 0.419. The van der Waals surface area contributed by atoms with Crippen molar-refractivity contribution in [1.82, 2.24) is 0 Å². The summed E-state index contributed by atoms with van der Waals surface area (Å²) in [6, 6.07) is 14.9. The van der Waals surface area contributed by atoms with E-state index in [1.165, 1.54) is 61.7 Å². The third kappa shape index (κ3) is 5.02. The predicted molar refractivity (Wildman–Crippen MR) is 115 cm³/mol. The maximum Gasteiger partial charge on any atom is 0.271 e. The summed E-state index contributed by atoms with van der Waals surface area (Å²) < 4.78 is 5.13. The number of nitro groups is 2. The van der Waals surface area contributed by atoms with Crippen LogP contribution in [0, 0.1) is 20.2 Å². The van der Waals surface area contributed by atoms with Gasteiger partial charge in [-0.05, 0) is 36.4 Å². The molecule has 3 aromatic rings. The lowest BCUT2D eigenvalue weighted by Gasteiger charge is -2.11. The molecule has 3 aromatic carbocycles. The van der Waals surface area contributed by atoms with Crippen LogP contribution < -0.4 is 15.4 Å². The molecule has 0 aliphatic heterocycles. The Morgan fingerprint density at radius 1 is 0.781 bits per heavy atom. The third-order valence-electron chi connectivity index (χ3n) is 4.37. The zero-order valence-electron chi connectivity index (χ0n) is 16.6. The summed E-state index contributed by atoms with van der Waals surface area (Å²) in [7, 11) is 1.37. The van der Waals surface area contributed by atoms with E-state index in [1.54, 1.807) is 12.1 Å². The van der Waals surface area contributed by atoms with E-state index in [2.05, 4.69) is 10.6 Å². The van der Waals surface area contributed by atoms with E-state index in [0.717, 1.165) is 0 Å². The van der Waals surface area contributed by atoms with Crippen LogP contribution in [0.4, 0.5) is 22.7 Å². The Kier molecular flexibility index (Phi) is 6.39. The summed E-state index contributed by atoms with van der Waals surface area (Å²) in [6.07, 6.45) is 0. The number of carbonyl (C=O) groups excluding carboxylic acids is 2. The van der Waals surface area contributed by atoms with Gasteiger partial charge in [0.25, 0.3) is 23.2 Å². The van der Waals surface area contributed by atoms with Gasteiger partial charge in [-0.2, -0.15) is 0 Å². The Bertz CT molecular complexity index is 1210. The molecule has 0 saturated heterocycles. The van der Waals surface area contributed by atoms with Gasteiger partial charge in [0.1, 0.15) is 5.75 Å². The van der Waals surface area contributed by atoms with Gasteiger partial charge in [-0.1, -0.05) is 6.07 Å². The van der Waals surface area contributed by atoms with Crippen LogP contribution in [-0.4, -0.2) is 28.8 Å². The zero-order valence-corrected chi connectivity index (χ0v) is 16.6. The molecule has 11 heteroatoms. The van der Waals surface area contributed by atoms with Crippen LogP contribution in [0.3, 0.4) is 0 Å². The van der Waals surface area contributed by atoms with Crippen LogP contribution >= 0.6 is 0 Å². The van der Waals surface area contributed by atoms with Gasteiger partial charge in [0, 0.05) is 41.1 Å². The molecule has 0 aliphatic carbocycles. The van der Waals surface area contributed by atoms with E-state index < -0.39 is 21.7 Å². The summed E-state index contributed by atoms with van der Waals surface area (Å²) >= 11 is 0. The van der Waals surface area contributed by atoms with Crippen LogP contribution in [0.5, 0.6) is 5.75 Å². The van der Waals surface area contributed by atoms with Crippen LogP contribution in [0.15, 0.2) is 66.7 Å². The van der Waals surface area contributed by atoms with Crippen LogP contribution in [0.25, 0.3) is 0 Å². The molecule has 0 atom stereocenters. The zero-order chi connectivity index (χ0) is 23.3. The average molecular weight is 436 g/mol. The van der Waals surface area contributed by atoms with Crippen molar-refractivity contribution in [2.45, 2.75) is 0 Å². The number of benzene rings is 3. The number of methoxy groups -OCH3 is 1. The number of carbonyl (C=O) groups is 2. The van der Waals surface area contributed by atoms with Crippen LogP contribution in [0.2, 0.25) is 0 Å². The Labute approximate surface area is 180 Å². The molecule has 0 saturated carbocycles. The smallest absolute Gasteiger partial charge is 0.271 e. The Hall–Kier alpha value is -4.80. The lowest BCUT2D eigenvalue weighted by atomic mass is 10.1. The summed E-state index contributed by atoms with van der Waals surface area (Å²) in [4.78, 5) is 45.6. The van der Waals surface area contributed by atoms with Crippen LogP contribution in [-0.2, 0) is 0 Å². The molecule has 0 unspecified atom stereocenters. The van der Waals surface area contributed by atoms with Crippen molar-refractivity contribution in [2.24, 2.45) is 0 Å². The van der Waals surface area contributed by atoms with Gasteiger partial charge in [0.05, 0.1) is 22.6 Å². The Balaban J connectivity index is 1.76. The largest absolute Gasteiger partial charge is 0.495 e. The number of nitrogens with zero attached hydrogens (tertiary/aromatic N) is 2. The van der Waals surface area contributed by atoms with Gasteiger partial charge in [-0.3, -0.25) is 29.8 Å². The van der Waals surface area contributed by atoms with Gasteiger partial charge in [-0.15, -0.1) is 0 Å². The van der Waals surface area contributed by atoms with Crippen molar-refractivity contribution in [1.29, 1.82) is 0 Å². The topological polar surface area (TPSA) is 154 Å². The fourth-order valence-corrected chi connectivity index (χ4v) is 2.78. The normalized spacial score (nSPS) is 10.2. The van der Waals surface area contributed by atoms with E-state index in [-0.39, 0.29) is 33.9 Å². The molecule has 0 heterocycles. The first-order valence-electron chi connectivity index (χ1n) is 9.08. The van der Waals surface area contributed by atoms with Gasteiger partial charge in [0.15, 0.2) is 0 Å². The molecule has 2 amide bonds. The number of rotatable bonds is 7. The average Bonchev–Trinajstić information content (AvgIpc) is 2.79. The number of nitro benzene ring substituents is 2. The molecule has 0 spiro atoms. The maximum atomic E-state index is 12.7. The second-order valence-corrected chi connectivity index (χ2v) is 6.43. The molecule has 3 rings (SSSR count). The Morgan fingerprint density at radius 2 is 1.41 bits per heavy atom. The molecular formula is C21H16N4O7. The first-order chi connectivity index (χ1) is 15.3. The SMILES string of the molecule is COc1ccc([N+](=O)[O-])cc1NC(=O)c1cccc(NC(=O)c2ccc([N+](=O)[O-])cc2)c1. The summed E-state index contributed by atoms with van der Waals surface area (Å²) in [6.45, 7) is 0. The van der Waals surface area contributed by atoms with E-state index in [0.29, 0.717) is 5.69 Å². The maximum absolute atomic E-state index is 12.7. The number of ether oxygens (including phenoxy) is 1. The molecule has 0 fully saturated rings. The van der Waals surface area contributed by atoms with Crippen molar-refractivity contribution in [2.75, 3.05) is 17.7 Å². The number of hydrogen-bond acceptors (Lipinski definition) is 7. The highest BCUT2D eigenvalue weighted by molar-refractivity contribution is 6.08. The predicted octanol–water partition coefficient (Wildman–Crippen LogP) is 4.02. The lowest BCUT2D eigenvalue weighted by molar-refractivity contribution is -0.385. The number of anilines is 2. The highest BCUT2D eigenvalue weighted by atomic mass is 16.6. The van der Waals surface area contributed by atoms with Crippen molar-refractivity contribution >= 4 is 34.6 Å². The second-order valence-electron chi connectivity index (χ2n) is 6.43. The van der Waals surface area contributed by atoms with Crippen molar-refractivity contribution in [3.63, 3.8) is 0 Å². The van der Waals surface area contributed by atoms with Crippen LogP contribution in [0.1, 0.15) is 20.7 Å². The summed E-state index contributed by atoms with van der Waals surface area (Å²) in [5, 5.41) is 26.9. The minimum Gasteiger partial charge on any atom is -0.495 e. The van der Waals surface area contributed by atoms with Gasteiger partial charge >= 0.3 is 0 Å². The first-order valence-corrected chi connectivity index (χ1v) is 9.08. The van der Waals surface area contributed by atoms with Crippen molar-refractivity contribution in [3.05, 3.63) is 98.1 Å². The molecule has 11 nitrogen and oxygen atoms in total. The molecule has 0 aliphatic rings. The fourth-order valence-electron chi connectivity index (χ4n) is 2.78. The molecule has 0 bridgehead atoms. The fraction of sp³-hybridized carbons (Fsp3) is 0.0476. The van der Waals surface area contributed by atoms with E-state index >= 15 is 0 Å². The first kappa shape index (κ1) is 21.9. The molecule has 2 N–H and O–H groups in total. The van der Waals surface area contributed by atoms with Crippen molar-refractivity contribution in [3.8, 4) is 5.75 Å². The molecule has 32 heavy (non-hydrogen) atoms. The molecule has 0 radical (unpaired) electrons. The van der Waals surface area contributed by atoms with E-state index in [1.807, 2.05) is 0 Å². The second kappa shape index (κ2) is 9.34. The lowest BCUT2D eigenvalue weighted by Crippen LogP contribution is -2.15. The highest BCUT2D eigenvalue weighted by Crippen LogP contribution is 2.29. The monoisotopic (exact) mass is 436 g/mol. The highest BCUT2D eigenvalue weighted by Gasteiger charge is 2.16. The van der Waals surface area contributed by atoms with Gasteiger partial charge < -0.3 is 15.4 Å². The Morgan fingerprint density at radius 3 is 2.03 bits per heavy atom. The number of nitrogens with one attached hydrogen (secondary N) is 2. The van der Waals surface area contributed by atoms with E-state index in [4.69, 9.17) is 4.74 Å². The minimum absolute atomic E-state index is 0.118. The molecule has 0 aromatic heterocycles. The molecule has 162 valence electrons. The van der Waals surface area contributed by atoms with Crippen molar-refractivity contribution < 1.29 is 24.2 Å².